The zero-order chi connectivity index (χ0) is 16.7. The van der Waals surface area contributed by atoms with Crippen molar-refractivity contribution in [2.75, 3.05) is 26.8 Å². The number of aliphatic carboxylic acids is 1. The number of hydrogen-bond donors (Lipinski definition) is 1. The van der Waals surface area contributed by atoms with Gasteiger partial charge in [0.25, 0.3) is 0 Å². The zero-order valence-corrected chi connectivity index (χ0v) is 13.4. The molecule has 1 aromatic carbocycles. The summed E-state index contributed by atoms with van der Waals surface area (Å²) in [5, 5.41) is 8.80. The van der Waals surface area contributed by atoms with Gasteiger partial charge in [0.05, 0.1) is 26.2 Å². The molecule has 0 aliphatic carbocycles. The van der Waals surface area contributed by atoms with Gasteiger partial charge in [-0.15, -0.1) is 0 Å². The molecule has 1 aromatic rings. The number of carbonyl (C=O) groups excluding carboxylic acids is 1. The van der Waals surface area contributed by atoms with Crippen molar-refractivity contribution in [2.45, 2.75) is 31.8 Å². The molecule has 23 heavy (non-hydrogen) atoms. The topological polar surface area (TPSA) is 76.1 Å². The third kappa shape index (κ3) is 5.56. The van der Waals surface area contributed by atoms with Gasteiger partial charge in [0.15, 0.2) is 0 Å². The highest BCUT2D eigenvalue weighted by Gasteiger charge is 2.25. The molecule has 0 aromatic heterocycles. The molecule has 1 N–H and O–H groups in total. The standard InChI is InChI=1S/C17H23NO5/c1-22-14-7-5-13(6-8-14)3-2-4-16(19)18-9-10-23-15(12-18)11-17(20)21/h5-8,15H,2-4,9-12H2,1H3,(H,20,21). The Bertz CT molecular complexity index is 528. The summed E-state index contributed by atoms with van der Waals surface area (Å²) in [7, 11) is 1.63. The highest BCUT2D eigenvalue weighted by Crippen LogP contribution is 2.15. The molecule has 1 unspecified atom stereocenters. The van der Waals surface area contributed by atoms with Gasteiger partial charge in [-0.05, 0) is 30.5 Å². The first-order chi connectivity index (χ1) is 11.1. The van der Waals surface area contributed by atoms with Gasteiger partial charge in [-0.25, -0.2) is 0 Å². The van der Waals surface area contributed by atoms with Gasteiger partial charge >= 0.3 is 5.97 Å². The average molecular weight is 321 g/mol. The minimum Gasteiger partial charge on any atom is -0.497 e. The number of carboxylic acid groups (broad SMARTS) is 1. The van der Waals surface area contributed by atoms with Crippen molar-refractivity contribution >= 4 is 11.9 Å². The summed E-state index contributed by atoms with van der Waals surface area (Å²) in [6.45, 7) is 1.31. The number of methoxy groups -OCH3 is 1. The van der Waals surface area contributed by atoms with Crippen LogP contribution < -0.4 is 4.74 Å². The minimum atomic E-state index is -0.899. The van der Waals surface area contributed by atoms with E-state index >= 15 is 0 Å². The Morgan fingerprint density at radius 3 is 2.74 bits per heavy atom. The molecule has 2 rings (SSSR count). The van der Waals surface area contributed by atoms with E-state index in [1.807, 2.05) is 24.3 Å². The van der Waals surface area contributed by atoms with E-state index in [1.165, 1.54) is 5.56 Å². The first-order valence-corrected chi connectivity index (χ1v) is 7.82. The van der Waals surface area contributed by atoms with Crippen LogP contribution in [0.25, 0.3) is 0 Å². The summed E-state index contributed by atoms with van der Waals surface area (Å²) < 4.78 is 10.5. The van der Waals surface area contributed by atoms with Crippen LogP contribution >= 0.6 is 0 Å². The third-order valence-corrected chi connectivity index (χ3v) is 3.91. The van der Waals surface area contributed by atoms with E-state index in [2.05, 4.69) is 0 Å². The molecule has 0 spiro atoms. The molecule has 1 fully saturated rings. The van der Waals surface area contributed by atoms with E-state index in [0.717, 1.165) is 18.6 Å². The van der Waals surface area contributed by atoms with Gasteiger partial charge in [-0.3, -0.25) is 9.59 Å². The summed E-state index contributed by atoms with van der Waals surface area (Å²) in [5.74, 6) is -0.0105. The van der Waals surface area contributed by atoms with Crippen LogP contribution in [-0.2, 0) is 20.7 Å². The fraction of sp³-hybridized carbons (Fsp3) is 0.529. The van der Waals surface area contributed by atoms with Crippen LogP contribution in [0.1, 0.15) is 24.8 Å². The molecule has 0 saturated carbocycles. The van der Waals surface area contributed by atoms with Crippen molar-refractivity contribution < 1.29 is 24.2 Å². The quantitative estimate of drug-likeness (QED) is 0.827. The highest BCUT2D eigenvalue weighted by atomic mass is 16.5. The fourth-order valence-corrected chi connectivity index (χ4v) is 2.66. The van der Waals surface area contributed by atoms with Crippen LogP contribution in [-0.4, -0.2) is 54.8 Å². The Kier molecular flexibility index (Phi) is 6.40. The molecule has 0 bridgehead atoms. The average Bonchev–Trinajstić information content (AvgIpc) is 2.55. The Morgan fingerprint density at radius 2 is 2.09 bits per heavy atom. The van der Waals surface area contributed by atoms with Crippen molar-refractivity contribution in [1.29, 1.82) is 0 Å². The number of benzene rings is 1. The molecular weight excluding hydrogens is 298 g/mol. The van der Waals surface area contributed by atoms with Crippen LogP contribution in [0, 0.1) is 0 Å². The molecule has 1 amide bonds. The Balaban J connectivity index is 1.74. The number of carbonyl (C=O) groups is 2. The molecule has 6 heteroatoms. The first-order valence-electron chi connectivity index (χ1n) is 7.82. The largest absolute Gasteiger partial charge is 0.497 e. The molecule has 1 atom stereocenters. The Labute approximate surface area is 136 Å². The first kappa shape index (κ1) is 17.3. The fourth-order valence-electron chi connectivity index (χ4n) is 2.66. The van der Waals surface area contributed by atoms with Crippen LogP contribution in [0.2, 0.25) is 0 Å². The van der Waals surface area contributed by atoms with Gasteiger partial charge in [-0.2, -0.15) is 0 Å². The van der Waals surface area contributed by atoms with Crippen molar-refractivity contribution in [1.82, 2.24) is 4.90 Å². The maximum Gasteiger partial charge on any atom is 0.306 e. The maximum atomic E-state index is 12.2. The minimum absolute atomic E-state index is 0.0599. The molecule has 1 aliphatic heterocycles. The number of ether oxygens (including phenoxy) is 2. The summed E-state index contributed by atoms with van der Waals surface area (Å²) in [6, 6.07) is 7.83. The lowest BCUT2D eigenvalue weighted by Crippen LogP contribution is -2.46. The molecule has 1 heterocycles. The Morgan fingerprint density at radius 1 is 1.35 bits per heavy atom. The second-order valence-corrected chi connectivity index (χ2v) is 5.63. The van der Waals surface area contributed by atoms with Gasteiger partial charge in [0.1, 0.15) is 5.75 Å². The molecule has 0 radical (unpaired) electrons. The monoisotopic (exact) mass is 321 g/mol. The van der Waals surface area contributed by atoms with E-state index in [-0.39, 0.29) is 12.3 Å². The second kappa shape index (κ2) is 8.53. The van der Waals surface area contributed by atoms with Crippen molar-refractivity contribution in [3.8, 4) is 5.75 Å². The van der Waals surface area contributed by atoms with Crippen LogP contribution in [0.15, 0.2) is 24.3 Å². The summed E-state index contributed by atoms with van der Waals surface area (Å²) >= 11 is 0. The van der Waals surface area contributed by atoms with E-state index in [9.17, 15) is 9.59 Å². The lowest BCUT2D eigenvalue weighted by Gasteiger charge is -2.32. The van der Waals surface area contributed by atoms with Gasteiger partial charge in [-0.1, -0.05) is 12.1 Å². The molecular formula is C17H23NO5. The maximum absolute atomic E-state index is 12.2. The van der Waals surface area contributed by atoms with E-state index < -0.39 is 12.1 Å². The lowest BCUT2D eigenvalue weighted by atomic mass is 10.1. The molecule has 1 saturated heterocycles. The van der Waals surface area contributed by atoms with Crippen LogP contribution in [0.3, 0.4) is 0 Å². The molecule has 126 valence electrons. The smallest absolute Gasteiger partial charge is 0.306 e. The lowest BCUT2D eigenvalue weighted by molar-refractivity contribution is -0.147. The summed E-state index contributed by atoms with van der Waals surface area (Å²) in [6.07, 6.45) is 1.61. The number of amides is 1. The molecule has 1 aliphatic rings. The number of morpholine rings is 1. The highest BCUT2D eigenvalue weighted by molar-refractivity contribution is 5.76. The van der Waals surface area contributed by atoms with Crippen molar-refractivity contribution in [2.24, 2.45) is 0 Å². The molecule has 6 nitrogen and oxygen atoms in total. The normalized spacial score (nSPS) is 17.8. The van der Waals surface area contributed by atoms with Crippen LogP contribution in [0.5, 0.6) is 5.75 Å². The van der Waals surface area contributed by atoms with Crippen molar-refractivity contribution in [3.63, 3.8) is 0 Å². The van der Waals surface area contributed by atoms with E-state index in [1.54, 1.807) is 12.0 Å². The number of aryl methyl sites for hydroxylation is 1. The van der Waals surface area contributed by atoms with Gasteiger partial charge < -0.3 is 19.5 Å². The summed E-state index contributed by atoms with van der Waals surface area (Å²) in [5.41, 5.74) is 1.17. The van der Waals surface area contributed by atoms with Crippen molar-refractivity contribution in [3.05, 3.63) is 29.8 Å². The predicted octanol–water partition coefficient (Wildman–Crippen LogP) is 1.72. The SMILES string of the molecule is COc1ccc(CCCC(=O)N2CCOC(CC(=O)O)C2)cc1. The van der Waals surface area contributed by atoms with Crippen LogP contribution in [0.4, 0.5) is 0 Å². The third-order valence-electron chi connectivity index (χ3n) is 3.91. The second-order valence-electron chi connectivity index (χ2n) is 5.63. The van der Waals surface area contributed by atoms with Gasteiger partial charge in [0, 0.05) is 19.5 Å². The van der Waals surface area contributed by atoms with E-state index in [0.29, 0.717) is 26.1 Å². The number of nitrogens with zero attached hydrogens (tertiary/aromatic N) is 1. The number of carboxylic acids is 1. The number of rotatable bonds is 7. The van der Waals surface area contributed by atoms with E-state index in [4.69, 9.17) is 14.6 Å². The zero-order valence-electron chi connectivity index (χ0n) is 13.4. The summed E-state index contributed by atoms with van der Waals surface area (Å²) in [4.78, 5) is 24.7. The predicted molar refractivity (Wildman–Crippen MR) is 84.5 cm³/mol. The van der Waals surface area contributed by atoms with Gasteiger partial charge in [0.2, 0.25) is 5.91 Å². The number of hydrogen-bond acceptors (Lipinski definition) is 4. The Hall–Kier alpha value is -2.08.